The normalized spacial score (nSPS) is 13.2. The first-order valence-electron chi connectivity index (χ1n) is 7.59. The molecule has 132 valence electrons. The van der Waals surface area contributed by atoms with Gasteiger partial charge in [-0.05, 0) is 40.0 Å². The minimum absolute atomic E-state index is 0. The summed E-state index contributed by atoms with van der Waals surface area (Å²) in [6.45, 7) is 13.3. The molecular weight excluding hydrogens is 395 g/mol. The van der Waals surface area contributed by atoms with Crippen molar-refractivity contribution < 1.29 is 9.53 Å². The largest absolute Gasteiger partial charge is 0.444 e. The summed E-state index contributed by atoms with van der Waals surface area (Å²) in [5, 5.41) is 9.28. The van der Waals surface area contributed by atoms with E-state index < -0.39 is 5.60 Å². The summed E-state index contributed by atoms with van der Waals surface area (Å²) in [7, 11) is 1.75. The monoisotopic (exact) mass is 428 g/mol. The van der Waals surface area contributed by atoms with Crippen LogP contribution < -0.4 is 16.0 Å². The first kappa shape index (κ1) is 23.5. The maximum absolute atomic E-state index is 11.4. The molecule has 0 aliphatic carbocycles. The van der Waals surface area contributed by atoms with Crippen LogP contribution in [0.25, 0.3) is 0 Å². The van der Waals surface area contributed by atoms with Crippen LogP contribution in [0, 0.1) is 5.92 Å². The highest BCUT2D eigenvalue weighted by atomic mass is 127. The van der Waals surface area contributed by atoms with Gasteiger partial charge < -0.3 is 20.7 Å². The van der Waals surface area contributed by atoms with Gasteiger partial charge in [-0.15, -0.1) is 24.0 Å². The smallest absolute Gasteiger partial charge is 0.407 e. The molecule has 1 unspecified atom stereocenters. The first-order valence-corrected chi connectivity index (χ1v) is 7.59. The summed E-state index contributed by atoms with van der Waals surface area (Å²) in [5.41, 5.74) is -0.457. The number of amides is 1. The molecule has 1 atom stereocenters. The molecule has 0 aromatic carbocycles. The minimum Gasteiger partial charge on any atom is -0.444 e. The summed E-state index contributed by atoms with van der Waals surface area (Å²) >= 11 is 0. The highest BCUT2D eigenvalue weighted by molar-refractivity contribution is 14.0. The van der Waals surface area contributed by atoms with Crippen molar-refractivity contribution in [2.75, 3.05) is 20.1 Å². The maximum atomic E-state index is 11.4. The van der Waals surface area contributed by atoms with Crippen molar-refractivity contribution in [3.05, 3.63) is 0 Å². The topological polar surface area (TPSA) is 74.8 Å². The molecule has 0 aromatic heterocycles. The van der Waals surface area contributed by atoms with Crippen molar-refractivity contribution in [2.45, 2.75) is 59.6 Å². The first-order chi connectivity index (χ1) is 9.65. The lowest BCUT2D eigenvalue weighted by Crippen LogP contribution is -2.45. The van der Waals surface area contributed by atoms with Gasteiger partial charge in [-0.25, -0.2) is 4.79 Å². The Kier molecular flexibility index (Phi) is 12.6. The predicted octanol–water partition coefficient (Wildman–Crippen LogP) is 2.73. The third kappa shape index (κ3) is 13.0. The number of carbonyl (C=O) groups is 1. The number of ether oxygens (including phenoxy) is 1. The zero-order chi connectivity index (χ0) is 16.5. The third-order valence-electron chi connectivity index (χ3n) is 2.90. The molecule has 3 N–H and O–H groups in total. The zero-order valence-corrected chi connectivity index (χ0v) is 17.3. The van der Waals surface area contributed by atoms with E-state index >= 15 is 0 Å². The van der Waals surface area contributed by atoms with Gasteiger partial charge in [-0.3, -0.25) is 4.99 Å². The maximum Gasteiger partial charge on any atom is 0.407 e. The summed E-state index contributed by atoms with van der Waals surface area (Å²) in [4.78, 5) is 15.6. The second-order valence-electron chi connectivity index (χ2n) is 6.46. The van der Waals surface area contributed by atoms with Crippen LogP contribution in [0.4, 0.5) is 4.79 Å². The van der Waals surface area contributed by atoms with Crippen molar-refractivity contribution >= 4 is 36.0 Å². The second kappa shape index (κ2) is 11.8. The van der Waals surface area contributed by atoms with Crippen molar-refractivity contribution in [2.24, 2.45) is 10.9 Å². The van der Waals surface area contributed by atoms with E-state index in [2.05, 4.69) is 41.7 Å². The molecule has 1 amide bonds. The van der Waals surface area contributed by atoms with E-state index in [1.807, 2.05) is 20.8 Å². The fourth-order valence-electron chi connectivity index (χ4n) is 1.38. The molecule has 0 saturated heterocycles. The number of nitrogens with one attached hydrogen (secondary N) is 3. The second-order valence-corrected chi connectivity index (χ2v) is 6.46. The van der Waals surface area contributed by atoms with Crippen LogP contribution in [0.15, 0.2) is 4.99 Å². The Morgan fingerprint density at radius 3 is 2.14 bits per heavy atom. The number of carbonyl (C=O) groups excluding carboxylic acids is 1. The van der Waals surface area contributed by atoms with Gasteiger partial charge in [0.05, 0.1) is 0 Å². The molecule has 0 fully saturated rings. The third-order valence-corrected chi connectivity index (χ3v) is 2.90. The number of alkyl carbamates (subject to hydrolysis) is 1. The predicted molar refractivity (Wildman–Crippen MR) is 103 cm³/mol. The van der Waals surface area contributed by atoms with Crippen molar-refractivity contribution in [1.29, 1.82) is 0 Å². The Morgan fingerprint density at radius 2 is 1.68 bits per heavy atom. The highest BCUT2D eigenvalue weighted by Gasteiger charge is 2.15. The number of rotatable bonds is 6. The number of hydrogen-bond donors (Lipinski definition) is 3. The van der Waals surface area contributed by atoms with E-state index in [1.165, 1.54) is 0 Å². The van der Waals surface area contributed by atoms with Gasteiger partial charge in [-0.2, -0.15) is 0 Å². The molecular formula is C15H33IN4O2. The van der Waals surface area contributed by atoms with Gasteiger partial charge >= 0.3 is 6.09 Å². The number of hydrogen-bond acceptors (Lipinski definition) is 3. The molecule has 0 aromatic rings. The van der Waals surface area contributed by atoms with E-state index in [9.17, 15) is 4.79 Å². The molecule has 7 heteroatoms. The highest BCUT2D eigenvalue weighted by Crippen LogP contribution is 2.06. The molecule has 0 aliphatic rings. The summed E-state index contributed by atoms with van der Waals surface area (Å²) in [6, 6.07) is 0.357. The number of halogens is 1. The van der Waals surface area contributed by atoms with Crippen molar-refractivity contribution in [3.8, 4) is 0 Å². The fraction of sp³-hybridized carbons (Fsp3) is 0.867. The molecule has 0 rings (SSSR count). The van der Waals surface area contributed by atoms with Gasteiger partial charge in [0.25, 0.3) is 0 Å². The van der Waals surface area contributed by atoms with E-state index in [1.54, 1.807) is 7.05 Å². The molecule has 6 nitrogen and oxygen atoms in total. The summed E-state index contributed by atoms with van der Waals surface area (Å²) in [6.07, 6.45) is 0.425. The fourth-order valence-corrected chi connectivity index (χ4v) is 1.38. The van der Waals surface area contributed by atoms with Gasteiger partial charge in [-0.1, -0.05) is 13.8 Å². The quantitative estimate of drug-likeness (QED) is 0.263. The van der Waals surface area contributed by atoms with Crippen molar-refractivity contribution in [1.82, 2.24) is 16.0 Å². The number of guanidine groups is 1. The molecule has 22 heavy (non-hydrogen) atoms. The lowest BCUT2D eigenvalue weighted by Gasteiger charge is -2.21. The Bertz CT molecular complexity index is 341. The lowest BCUT2D eigenvalue weighted by atomic mass is 10.1. The van der Waals surface area contributed by atoms with E-state index in [0.717, 1.165) is 18.9 Å². The van der Waals surface area contributed by atoms with Crippen LogP contribution in [0.1, 0.15) is 48.0 Å². The molecule has 0 spiro atoms. The summed E-state index contributed by atoms with van der Waals surface area (Å²) in [5.74, 6) is 1.32. The number of nitrogens with zero attached hydrogens (tertiary/aromatic N) is 1. The molecule has 0 aliphatic heterocycles. The van der Waals surface area contributed by atoms with E-state index in [4.69, 9.17) is 4.74 Å². The Hall–Kier alpha value is -0.730. The van der Waals surface area contributed by atoms with Crippen LogP contribution >= 0.6 is 24.0 Å². The van der Waals surface area contributed by atoms with Crippen LogP contribution in [0.5, 0.6) is 0 Å². The van der Waals surface area contributed by atoms with Gasteiger partial charge in [0, 0.05) is 26.2 Å². The van der Waals surface area contributed by atoms with Crippen LogP contribution in [0.3, 0.4) is 0 Å². The lowest BCUT2D eigenvalue weighted by molar-refractivity contribution is 0.0527. The van der Waals surface area contributed by atoms with Crippen molar-refractivity contribution in [3.63, 3.8) is 0 Å². The molecule has 0 radical (unpaired) electrons. The molecule has 0 bridgehead atoms. The Labute approximate surface area is 152 Å². The SMILES string of the molecule is CN=C(NCCCNC(=O)OC(C)(C)C)NC(C)C(C)C.I. The average molecular weight is 428 g/mol. The van der Waals surface area contributed by atoms with E-state index in [0.29, 0.717) is 18.5 Å². The number of aliphatic imine (C=N–C) groups is 1. The summed E-state index contributed by atoms with van der Waals surface area (Å²) < 4.78 is 5.16. The van der Waals surface area contributed by atoms with Gasteiger partial charge in [0.15, 0.2) is 5.96 Å². The minimum atomic E-state index is -0.457. The van der Waals surface area contributed by atoms with E-state index in [-0.39, 0.29) is 30.1 Å². The van der Waals surface area contributed by atoms with Gasteiger partial charge in [0.1, 0.15) is 5.60 Å². The van der Waals surface area contributed by atoms with Crippen LogP contribution in [-0.2, 0) is 4.74 Å². The van der Waals surface area contributed by atoms with Crippen LogP contribution in [0.2, 0.25) is 0 Å². The molecule has 0 heterocycles. The van der Waals surface area contributed by atoms with Gasteiger partial charge in [0.2, 0.25) is 0 Å². The molecule has 0 saturated carbocycles. The average Bonchev–Trinajstić information content (AvgIpc) is 2.34. The zero-order valence-electron chi connectivity index (χ0n) is 14.9. The van der Waals surface area contributed by atoms with Crippen LogP contribution in [-0.4, -0.2) is 43.8 Å². The Morgan fingerprint density at radius 1 is 1.14 bits per heavy atom. The Balaban J connectivity index is 0. The standard InChI is InChI=1S/C15H32N4O2.HI/c1-11(2)12(3)19-13(16-7)17-9-8-10-18-14(20)21-15(4,5)6;/h11-12H,8-10H2,1-7H3,(H,18,20)(H2,16,17,19);1H.